The number of carbonyl (C=O) groups is 1. The average molecular weight is 286 g/mol. The predicted molar refractivity (Wildman–Crippen MR) is 90.1 cm³/mol. The van der Waals surface area contributed by atoms with Gasteiger partial charge in [0, 0.05) is 24.0 Å². The highest BCUT2D eigenvalue weighted by atomic mass is 16.1. The van der Waals surface area contributed by atoms with Crippen molar-refractivity contribution < 1.29 is 4.79 Å². The van der Waals surface area contributed by atoms with Gasteiger partial charge in [-0.25, -0.2) is 0 Å². The fraction of sp³-hybridized carbons (Fsp3) is 0.190. The van der Waals surface area contributed by atoms with Crippen molar-refractivity contribution in [3.8, 4) is 11.8 Å². The molecular formula is C21H18O. The van der Waals surface area contributed by atoms with Gasteiger partial charge in [0.15, 0.2) is 0 Å². The van der Waals surface area contributed by atoms with E-state index in [9.17, 15) is 4.79 Å². The molecule has 0 N–H and O–H groups in total. The second-order valence-corrected chi connectivity index (χ2v) is 5.60. The van der Waals surface area contributed by atoms with Crippen LogP contribution in [-0.2, 0) is 4.79 Å². The quantitative estimate of drug-likeness (QED) is 0.743. The Morgan fingerprint density at radius 1 is 1.00 bits per heavy atom. The van der Waals surface area contributed by atoms with Gasteiger partial charge in [-0.2, -0.15) is 0 Å². The van der Waals surface area contributed by atoms with E-state index in [0.29, 0.717) is 24.5 Å². The third kappa shape index (κ3) is 3.74. The van der Waals surface area contributed by atoms with Crippen LogP contribution in [0.15, 0.2) is 66.7 Å². The van der Waals surface area contributed by atoms with Crippen molar-refractivity contribution in [2.24, 2.45) is 5.92 Å². The van der Waals surface area contributed by atoms with Crippen LogP contribution in [0.1, 0.15) is 30.4 Å². The second kappa shape index (κ2) is 6.91. The zero-order valence-electron chi connectivity index (χ0n) is 12.5. The molecule has 108 valence electrons. The summed E-state index contributed by atoms with van der Waals surface area (Å²) in [6.45, 7) is 0. The van der Waals surface area contributed by atoms with Gasteiger partial charge < -0.3 is 0 Å². The summed E-state index contributed by atoms with van der Waals surface area (Å²) in [7, 11) is 0. The number of allylic oxidation sites excluding steroid dienone is 2. The molecule has 1 unspecified atom stereocenters. The molecule has 1 saturated carbocycles. The van der Waals surface area contributed by atoms with E-state index in [1.807, 2.05) is 48.5 Å². The maximum atomic E-state index is 11.5. The van der Waals surface area contributed by atoms with Gasteiger partial charge in [0.25, 0.3) is 0 Å². The summed E-state index contributed by atoms with van der Waals surface area (Å²) in [4.78, 5) is 11.5. The molecule has 1 heteroatoms. The Balaban J connectivity index is 1.92. The van der Waals surface area contributed by atoms with Crippen LogP contribution in [0.3, 0.4) is 0 Å². The van der Waals surface area contributed by atoms with E-state index in [0.717, 1.165) is 23.1 Å². The third-order valence-electron chi connectivity index (χ3n) is 3.89. The monoisotopic (exact) mass is 286 g/mol. The van der Waals surface area contributed by atoms with Gasteiger partial charge >= 0.3 is 0 Å². The molecule has 0 saturated heterocycles. The summed E-state index contributed by atoms with van der Waals surface area (Å²) in [5.41, 5.74) is 3.14. The lowest BCUT2D eigenvalue weighted by molar-refractivity contribution is -0.117. The highest BCUT2D eigenvalue weighted by Crippen LogP contribution is 2.27. The molecule has 1 fully saturated rings. The minimum atomic E-state index is 0.327. The zero-order valence-corrected chi connectivity index (χ0v) is 12.5. The Labute approximate surface area is 131 Å². The summed E-state index contributed by atoms with van der Waals surface area (Å²) in [5, 5.41) is 0. The lowest BCUT2D eigenvalue weighted by Crippen LogP contribution is -1.93. The number of benzene rings is 2. The standard InChI is InChI=1S/C21H18O/c22-21-14-12-18(16-21)15-20(19-9-5-2-6-10-19)13-11-17-7-3-1-4-8-17/h1-10,15,18H,12,14,16H2/b20-15+. The van der Waals surface area contributed by atoms with Crippen LogP contribution in [0.5, 0.6) is 0 Å². The first-order valence-electron chi connectivity index (χ1n) is 7.67. The fourth-order valence-corrected chi connectivity index (χ4v) is 2.71. The molecule has 0 aliphatic heterocycles. The molecule has 0 aromatic heterocycles. The highest BCUT2D eigenvalue weighted by molar-refractivity contribution is 5.83. The van der Waals surface area contributed by atoms with Crippen molar-refractivity contribution >= 4 is 11.4 Å². The second-order valence-electron chi connectivity index (χ2n) is 5.60. The smallest absolute Gasteiger partial charge is 0.133 e. The lowest BCUT2D eigenvalue weighted by atomic mass is 9.98. The first-order chi connectivity index (χ1) is 10.8. The number of carbonyl (C=O) groups excluding carboxylic acids is 1. The molecule has 0 amide bonds. The predicted octanol–water partition coefficient (Wildman–Crippen LogP) is 4.49. The Hall–Kier alpha value is -2.59. The Morgan fingerprint density at radius 2 is 1.68 bits per heavy atom. The summed E-state index contributed by atoms with van der Waals surface area (Å²) < 4.78 is 0. The number of rotatable bonds is 2. The lowest BCUT2D eigenvalue weighted by Gasteiger charge is -2.05. The van der Waals surface area contributed by atoms with E-state index in [2.05, 4.69) is 30.0 Å². The Kier molecular flexibility index (Phi) is 4.51. The average Bonchev–Trinajstić information content (AvgIpc) is 2.98. The zero-order chi connectivity index (χ0) is 15.2. The highest BCUT2D eigenvalue weighted by Gasteiger charge is 2.20. The van der Waals surface area contributed by atoms with E-state index in [1.165, 1.54) is 0 Å². The van der Waals surface area contributed by atoms with E-state index in [-0.39, 0.29) is 0 Å². The number of hydrogen-bond donors (Lipinski definition) is 0. The molecule has 1 atom stereocenters. The molecule has 0 spiro atoms. The largest absolute Gasteiger partial charge is 0.300 e. The minimum Gasteiger partial charge on any atom is -0.300 e. The van der Waals surface area contributed by atoms with E-state index in [4.69, 9.17) is 0 Å². The molecular weight excluding hydrogens is 268 g/mol. The van der Waals surface area contributed by atoms with E-state index in [1.54, 1.807) is 0 Å². The van der Waals surface area contributed by atoms with Crippen molar-refractivity contribution in [1.29, 1.82) is 0 Å². The van der Waals surface area contributed by atoms with Gasteiger partial charge in [0.05, 0.1) is 0 Å². The molecule has 0 radical (unpaired) electrons. The van der Waals surface area contributed by atoms with Gasteiger partial charge in [-0.15, -0.1) is 0 Å². The molecule has 2 aromatic carbocycles. The van der Waals surface area contributed by atoms with Crippen LogP contribution in [0.4, 0.5) is 0 Å². The molecule has 0 bridgehead atoms. The van der Waals surface area contributed by atoms with E-state index < -0.39 is 0 Å². The summed E-state index contributed by atoms with van der Waals surface area (Å²) in [6, 6.07) is 20.2. The van der Waals surface area contributed by atoms with Crippen molar-refractivity contribution in [2.75, 3.05) is 0 Å². The molecule has 2 aromatic rings. The van der Waals surface area contributed by atoms with Crippen molar-refractivity contribution in [3.63, 3.8) is 0 Å². The van der Waals surface area contributed by atoms with Gasteiger partial charge in [-0.3, -0.25) is 4.79 Å². The SMILES string of the molecule is O=C1CCC(/C=C(\C#Cc2ccccc2)c2ccccc2)C1. The van der Waals surface area contributed by atoms with E-state index >= 15 is 0 Å². The van der Waals surface area contributed by atoms with Gasteiger partial charge in [-0.1, -0.05) is 66.4 Å². The van der Waals surface area contributed by atoms with Gasteiger partial charge in [0.1, 0.15) is 5.78 Å². The first-order valence-corrected chi connectivity index (χ1v) is 7.67. The molecule has 1 aliphatic carbocycles. The minimum absolute atomic E-state index is 0.327. The Bertz CT molecular complexity index is 730. The third-order valence-corrected chi connectivity index (χ3v) is 3.89. The Morgan fingerprint density at radius 3 is 2.32 bits per heavy atom. The van der Waals surface area contributed by atoms with Gasteiger partial charge in [-0.05, 0) is 30.0 Å². The molecule has 0 heterocycles. The molecule has 1 nitrogen and oxygen atoms in total. The summed E-state index contributed by atoms with van der Waals surface area (Å²) in [6.07, 6.45) is 4.48. The number of Topliss-reactive ketones (excluding diaryl/α,β-unsaturated/α-hetero) is 1. The number of hydrogen-bond acceptors (Lipinski definition) is 1. The van der Waals surface area contributed by atoms with Crippen LogP contribution in [0, 0.1) is 17.8 Å². The number of ketones is 1. The maximum Gasteiger partial charge on any atom is 0.133 e. The van der Waals surface area contributed by atoms with Crippen LogP contribution in [0.25, 0.3) is 5.57 Å². The molecule has 3 rings (SSSR count). The topological polar surface area (TPSA) is 17.1 Å². The molecule has 1 aliphatic rings. The van der Waals surface area contributed by atoms with Crippen LogP contribution < -0.4 is 0 Å². The molecule has 22 heavy (non-hydrogen) atoms. The van der Waals surface area contributed by atoms with Crippen molar-refractivity contribution in [2.45, 2.75) is 19.3 Å². The van der Waals surface area contributed by atoms with Crippen LogP contribution >= 0.6 is 0 Å². The summed E-state index contributed by atoms with van der Waals surface area (Å²) >= 11 is 0. The summed E-state index contributed by atoms with van der Waals surface area (Å²) in [5.74, 6) is 7.21. The maximum absolute atomic E-state index is 11.5. The fourth-order valence-electron chi connectivity index (χ4n) is 2.71. The van der Waals surface area contributed by atoms with Crippen LogP contribution in [0.2, 0.25) is 0 Å². The normalized spacial score (nSPS) is 17.9. The first kappa shape index (κ1) is 14.4. The van der Waals surface area contributed by atoms with Crippen LogP contribution in [-0.4, -0.2) is 5.78 Å². The van der Waals surface area contributed by atoms with Crippen molar-refractivity contribution in [1.82, 2.24) is 0 Å². The van der Waals surface area contributed by atoms with Crippen molar-refractivity contribution in [3.05, 3.63) is 77.9 Å². The van der Waals surface area contributed by atoms with Gasteiger partial charge in [0.2, 0.25) is 0 Å².